The van der Waals surface area contributed by atoms with Gasteiger partial charge in [-0.1, -0.05) is 11.6 Å². The lowest BCUT2D eigenvalue weighted by atomic mass is 9.86. The van der Waals surface area contributed by atoms with Gasteiger partial charge in [0.25, 0.3) is 0 Å². The van der Waals surface area contributed by atoms with E-state index in [-0.39, 0.29) is 5.69 Å². The first-order valence-electron chi connectivity index (χ1n) is 6.10. The van der Waals surface area contributed by atoms with Crippen molar-refractivity contribution in [3.05, 3.63) is 11.9 Å². The first-order chi connectivity index (χ1) is 8.22. The Balaban J connectivity index is 1.49. The quantitative estimate of drug-likeness (QED) is 0.822. The predicted octanol–water partition coefficient (Wildman–Crippen LogP) is 0.461. The van der Waals surface area contributed by atoms with Gasteiger partial charge in [-0.25, -0.2) is 4.79 Å². The molecule has 0 spiro atoms. The van der Waals surface area contributed by atoms with Crippen LogP contribution in [0.4, 0.5) is 0 Å². The molecule has 2 heterocycles. The summed E-state index contributed by atoms with van der Waals surface area (Å²) >= 11 is 0. The lowest BCUT2D eigenvalue weighted by molar-refractivity contribution is 0.00835. The fraction of sp³-hybridized carbons (Fsp3) is 0.727. The summed E-state index contributed by atoms with van der Waals surface area (Å²) in [5.41, 5.74) is 0.0279. The Hall–Kier alpha value is -1.43. The van der Waals surface area contributed by atoms with Crippen LogP contribution >= 0.6 is 0 Å². The lowest BCUT2D eigenvalue weighted by Gasteiger charge is -2.47. The highest BCUT2D eigenvalue weighted by Gasteiger charge is 2.35. The summed E-state index contributed by atoms with van der Waals surface area (Å²) in [6, 6.07) is 0.816. The van der Waals surface area contributed by atoms with Crippen LogP contribution in [-0.2, 0) is 6.54 Å². The highest BCUT2D eigenvalue weighted by Crippen LogP contribution is 2.31. The molecule has 1 aromatic heterocycles. The monoisotopic (exact) mass is 236 g/mol. The molecule has 1 aromatic rings. The molecule has 6 nitrogen and oxygen atoms in total. The van der Waals surface area contributed by atoms with Crippen LogP contribution in [-0.4, -0.2) is 50.1 Å². The minimum absolute atomic E-state index is 0.0279. The van der Waals surface area contributed by atoms with Crippen LogP contribution in [0.1, 0.15) is 29.8 Å². The zero-order chi connectivity index (χ0) is 11.8. The van der Waals surface area contributed by atoms with Gasteiger partial charge in [0.2, 0.25) is 0 Å². The van der Waals surface area contributed by atoms with Gasteiger partial charge in [0.15, 0.2) is 5.69 Å². The maximum absolute atomic E-state index is 10.6. The maximum atomic E-state index is 10.6. The summed E-state index contributed by atoms with van der Waals surface area (Å²) < 4.78 is 1.65. The summed E-state index contributed by atoms with van der Waals surface area (Å²) in [7, 11) is 0. The van der Waals surface area contributed by atoms with E-state index in [2.05, 4.69) is 15.2 Å². The molecule has 0 radical (unpaired) electrons. The van der Waals surface area contributed by atoms with E-state index in [1.54, 1.807) is 4.68 Å². The average Bonchev–Trinajstić information content (AvgIpc) is 2.60. The molecule has 1 saturated carbocycles. The molecule has 1 saturated heterocycles. The van der Waals surface area contributed by atoms with Crippen molar-refractivity contribution >= 4 is 5.97 Å². The molecule has 0 atom stereocenters. The predicted molar refractivity (Wildman–Crippen MR) is 59.7 cm³/mol. The fourth-order valence-corrected chi connectivity index (χ4v) is 2.53. The van der Waals surface area contributed by atoms with Crippen LogP contribution in [0.3, 0.4) is 0 Å². The van der Waals surface area contributed by atoms with Gasteiger partial charge < -0.3 is 5.11 Å². The molecule has 92 valence electrons. The van der Waals surface area contributed by atoms with Gasteiger partial charge in [0.1, 0.15) is 0 Å². The van der Waals surface area contributed by atoms with Crippen molar-refractivity contribution in [2.45, 2.75) is 31.8 Å². The summed E-state index contributed by atoms with van der Waals surface area (Å²) in [4.78, 5) is 13.2. The SMILES string of the molecule is O=C(O)c1cn(CC2CN(C3CCC3)C2)nn1. The van der Waals surface area contributed by atoms with Crippen LogP contribution in [0.2, 0.25) is 0 Å². The summed E-state index contributed by atoms with van der Waals surface area (Å²) in [5, 5.41) is 16.2. The minimum atomic E-state index is -1.01. The number of hydrogen-bond acceptors (Lipinski definition) is 4. The third-order valence-electron chi connectivity index (χ3n) is 3.78. The zero-order valence-electron chi connectivity index (χ0n) is 9.62. The molecular weight excluding hydrogens is 220 g/mol. The van der Waals surface area contributed by atoms with Crippen LogP contribution in [0, 0.1) is 5.92 Å². The first-order valence-corrected chi connectivity index (χ1v) is 6.10. The second kappa shape index (κ2) is 4.10. The van der Waals surface area contributed by atoms with Crippen LogP contribution < -0.4 is 0 Å². The number of hydrogen-bond donors (Lipinski definition) is 1. The molecule has 0 unspecified atom stereocenters. The summed E-state index contributed by atoms with van der Waals surface area (Å²) in [6.45, 7) is 3.02. The van der Waals surface area contributed by atoms with Crippen molar-refractivity contribution < 1.29 is 9.90 Å². The number of carboxylic acids is 1. The molecule has 2 aliphatic rings. The molecule has 1 N–H and O–H groups in total. The van der Waals surface area contributed by atoms with Crippen molar-refractivity contribution in [1.29, 1.82) is 0 Å². The molecule has 1 aliphatic heterocycles. The second-order valence-electron chi connectivity index (χ2n) is 5.04. The van der Waals surface area contributed by atoms with E-state index in [0.29, 0.717) is 5.92 Å². The summed E-state index contributed by atoms with van der Waals surface area (Å²) in [5.74, 6) is -0.417. The van der Waals surface area contributed by atoms with E-state index in [1.807, 2.05) is 0 Å². The van der Waals surface area contributed by atoms with Gasteiger partial charge in [0, 0.05) is 31.6 Å². The smallest absolute Gasteiger partial charge is 0.358 e. The van der Waals surface area contributed by atoms with Gasteiger partial charge in [-0.3, -0.25) is 9.58 Å². The third kappa shape index (κ3) is 2.04. The molecule has 0 amide bonds. The van der Waals surface area contributed by atoms with E-state index in [9.17, 15) is 4.79 Å². The normalized spacial score (nSPS) is 22.1. The van der Waals surface area contributed by atoms with Gasteiger partial charge in [-0.15, -0.1) is 5.10 Å². The third-order valence-corrected chi connectivity index (χ3v) is 3.78. The molecule has 0 aromatic carbocycles. The van der Waals surface area contributed by atoms with Gasteiger partial charge in [-0.05, 0) is 12.8 Å². The van der Waals surface area contributed by atoms with Crippen molar-refractivity contribution in [1.82, 2.24) is 19.9 Å². The van der Waals surface area contributed by atoms with E-state index in [4.69, 9.17) is 5.11 Å². The van der Waals surface area contributed by atoms with Crippen LogP contribution in [0.25, 0.3) is 0 Å². The average molecular weight is 236 g/mol. The standard InChI is InChI=1S/C11H16N4O2/c16-11(17)10-7-15(13-12-10)6-8-4-14(5-8)9-2-1-3-9/h7-9H,1-6H2,(H,16,17). The first kappa shape index (κ1) is 10.7. The van der Waals surface area contributed by atoms with Crippen molar-refractivity contribution in [2.24, 2.45) is 5.92 Å². The molecule has 0 bridgehead atoms. The van der Waals surface area contributed by atoms with E-state index >= 15 is 0 Å². The molecule has 1 aliphatic carbocycles. The number of likely N-dealkylation sites (tertiary alicyclic amines) is 1. The Morgan fingerprint density at radius 3 is 2.76 bits per heavy atom. The highest BCUT2D eigenvalue weighted by atomic mass is 16.4. The minimum Gasteiger partial charge on any atom is -0.476 e. The number of aromatic carboxylic acids is 1. The molecular formula is C11H16N4O2. The van der Waals surface area contributed by atoms with Crippen molar-refractivity contribution in [3.8, 4) is 0 Å². The molecule has 2 fully saturated rings. The van der Waals surface area contributed by atoms with E-state index < -0.39 is 5.97 Å². The zero-order valence-corrected chi connectivity index (χ0v) is 9.62. The van der Waals surface area contributed by atoms with E-state index in [0.717, 1.165) is 25.7 Å². The molecule has 6 heteroatoms. The number of aromatic nitrogens is 3. The topological polar surface area (TPSA) is 71.2 Å². The van der Waals surface area contributed by atoms with Crippen LogP contribution in [0.5, 0.6) is 0 Å². The van der Waals surface area contributed by atoms with E-state index in [1.165, 1.54) is 25.5 Å². The lowest BCUT2D eigenvalue weighted by Crippen LogP contribution is -2.55. The van der Waals surface area contributed by atoms with Crippen molar-refractivity contribution in [3.63, 3.8) is 0 Å². The number of rotatable bonds is 4. The van der Waals surface area contributed by atoms with Gasteiger partial charge >= 0.3 is 5.97 Å². The number of carbonyl (C=O) groups is 1. The Kier molecular flexibility index (Phi) is 2.58. The van der Waals surface area contributed by atoms with Crippen molar-refractivity contribution in [2.75, 3.05) is 13.1 Å². The molecule has 3 rings (SSSR count). The number of carboxylic acid groups (broad SMARTS) is 1. The van der Waals surface area contributed by atoms with Crippen LogP contribution in [0.15, 0.2) is 6.20 Å². The Labute approximate surface area is 99.2 Å². The Morgan fingerprint density at radius 1 is 1.47 bits per heavy atom. The van der Waals surface area contributed by atoms with Gasteiger partial charge in [-0.2, -0.15) is 0 Å². The Bertz CT molecular complexity index is 421. The van der Waals surface area contributed by atoms with Gasteiger partial charge in [0.05, 0.1) is 6.20 Å². The summed E-state index contributed by atoms with van der Waals surface area (Å²) in [6.07, 6.45) is 5.57. The second-order valence-corrected chi connectivity index (χ2v) is 5.04. The highest BCUT2D eigenvalue weighted by molar-refractivity contribution is 5.84. The molecule has 17 heavy (non-hydrogen) atoms. The number of nitrogens with zero attached hydrogens (tertiary/aromatic N) is 4. The fourth-order valence-electron chi connectivity index (χ4n) is 2.53. The maximum Gasteiger partial charge on any atom is 0.358 e. The largest absolute Gasteiger partial charge is 0.476 e. The Morgan fingerprint density at radius 2 is 2.24 bits per heavy atom.